The minimum absolute atomic E-state index is 0.000700. The molecule has 0 radical (unpaired) electrons. The maximum atomic E-state index is 12.1. The highest BCUT2D eigenvalue weighted by Crippen LogP contribution is 2.15. The molecule has 0 spiro atoms. The lowest BCUT2D eigenvalue weighted by Gasteiger charge is -2.16. The third-order valence-corrected chi connectivity index (χ3v) is 4.29. The lowest BCUT2D eigenvalue weighted by molar-refractivity contribution is -0.136. The van der Waals surface area contributed by atoms with Crippen molar-refractivity contribution < 1.29 is 18.3 Å². The lowest BCUT2D eigenvalue weighted by Crippen LogP contribution is -2.33. The van der Waals surface area contributed by atoms with Crippen LogP contribution in [0.5, 0.6) is 0 Å². The molecule has 0 unspecified atom stereocenters. The molecule has 0 saturated carbocycles. The van der Waals surface area contributed by atoms with E-state index in [2.05, 4.69) is 4.72 Å². The standard InChI is InChI=1S/C14H18N2O4S/c1-14(2,9-15)10-16-21(19,20)12-6-3-11(4-7-12)5-8-13(17)18/h3-4,6-7,16H,5,8,10H2,1-2H3,(H,17,18). The molecule has 21 heavy (non-hydrogen) atoms. The number of nitriles is 1. The van der Waals surface area contributed by atoms with Crippen molar-refractivity contribution in [3.8, 4) is 6.07 Å². The molecule has 0 aliphatic carbocycles. The number of benzene rings is 1. The summed E-state index contributed by atoms with van der Waals surface area (Å²) in [6, 6.07) is 8.06. The maximum Gasteiger partial charge on any atom is 0.303 e. The Balaban J connectivity index is 2.76. The fourth-order valence-electron chi connectivity index (χ4n) is 1.48. The molecular formula is C14H18N2O4S. The Labute approximate surface area is 124 Å². The molecule has 0 saturated heterocycles. The number of nitrogens with one attached hydrogen (secondary N) is 1. The van der Waals surface area contributed by atoms with Crippen LogP contribution in [-0.2, 0) is 21.2 Å². The van der Waals surface area contributed by atoms with Crippen LogP contribution in [0.4, 0.5) is 0 Å². The minimum Gasteiger partial charge on any atom is -0.481 e. The summed E-state index contributed by atoms with van der Waals surface area (Å²) < 4.78 is 26.5. The van der Waals surface area contributed by atoms with Crippen LogP contribution >= 0.6 is 0 Å². The predicted molar refractivity (Wildman–Crippen MR) is 77.0 cm³/mol. The zero-order valence-electron chi connectivity index (χ0n) is 12.0. The van der Waals surface area contributed by atoms with Crippen molar-refractivity contribution in [3.63, 3.8) is 0 Å². The maximum absolute atomic E-state index is 12.1. The van der Waals surface area contributed by atoms with E-state index in [1.165, 1.54) is 12.1 Å². The number of carboxylic acids is 1. The zero-order chi connectivity index (χ0) is 16.1. The van der Waals surface area contributed by atoms with Gasteiger partial charge in [0, 0.05) is 13.0 Å². The first-order valence-corrected chi connectivity index (χ1v) is 7.86. The summed E-state index contributed by atoms with van der Waals surface area (Å²) in [6.45, 7) is 3.31. The molecule has 7 heteroatoms. The van der Waals surface area contributed by atoms with Gasteiger partial charge in [-0.3, -0.25) is 4.79 Å². The Hall–Kier alpha value is -1.91. The fraction of sp³-hybridized carbons (Fsp3) is 0.429. The molecule has 0 atom stereocenters. The van der Waals surface area contributed by atoms with E-state index in [0.717, 1.165) is 5.56 Å². The van der Waals surface area contributed by atoms with Crippen molar-refractivity contribution in [2.24, 2.45) is 5.41 Å². The van der Waals surface area contributed by atoms with Gasteiger partial charge in [-0.2, -0.15) is 5.26 Å². The van der Waals surface area contributed by atoms with Crippen LogP contribution in [0.3, 0.4) is 0 Å². The van der Waals surface area contributed by atoms with Gasteiger partial charge in [-0.15, -0.1) is 0 Å². The van der Waals surface area contributed by atoms with Gasteiger partial charge in [-0.1, -0.05) is 12.1 Å². The van der Waals surface area contributed by atoms with Gasteiger partial charge in [-0.05, 0) is 38.0 Å². The number of carboxylic acid groups (broad SMARTS) is 1. The number of rotatable bonds is 7. The van der Waals surface area contributed by atoms with E-state index in [4.69, 9.17) is 10.4 Å². The third-order valence-electron chi connectivity index (χ3n) is 2.87. The van der Waals surface area contributed by atoms with Crippen molar-refractivity contribution >= 4 is 16.0 Å². The second kappa shape index (κ2) is 6.70. The number of carbonyl (C=O) groups is 1. The molecule has 0 bridgehead atoms. The van der Waals surface area contributed by atoms with Gasteiger partial charge >= 0.3 is 5.97 Å². The summed E-state index contributed by atoms with van der Waals surface area (Å²) >= 11 is 0. The molecule has 1 aromatic carbocycles. The quantitative estimate of drug-likeness (QED) is 0.794. The summed E-state index contributed by atoms with van der Waals surface area (Å²) in [5.41, 5.74) is -0.0252. The molecule has 0 fully saturated rings. The highest BCUT2D eigenvalue weighted by molar-refractivity contribution is 7.89. The molecule has 0 aliphatic heterocycles. The zero-order valence-corrected chi connectivity index (χ0v) is 12.8. The number of hydrogen-bond acceptors (Lipinski definition) is 4. The van der Waals surface area contributed by atoms with E-state index < -0.39 is 21.4 Å². The highest BCUT2D eigenvalue weighted by Gasteiger charge is 2.21. The molecule has 0 aliphatic rings. The topological polar surface area (TPSA) is 107 Å². The first-order chi connectivity index (χ1) is 9.66. The van der Waals surface area contributed by atoms with Gasteiger partial charge in [0.05, 0.1) is 16.4 Å². The van der Waals surface area contributed by atoms with Crippen LogP contribution in [0.25, 0.3) is 0 Å². The predicted octanol–water partition coefficient (Wildman–Crippen LogP) is 1.53. The van der Waals surface area contributed by atoms with Crippen LogP contribution in [0.1, 0.15) is 25.8 Å². The van der Waals surface area contributed by atoms with E-state index in [1.807, 2.05) is 6.07 Å². The summed E-state index contributed by atoms with van der Waals surface area (Å²) in [5, 5.41) is 17.5. The molecule has 0 amide bonds. The third kappa shape index (κ3) is 5.53. The van der Waals surface area contributed by atoms with E-state index in [9.17, 15) is 13.2 Å². The first-order valence-electron chi connectivity index (χ1n) is 6.38. The highest BCUT2D eigenvalue weighted by atomic mass is 32.2. The Morgan fingerprint density at radius 3 is 2.38 bits per heavy atom. The summed E-state index contributed by atoms with van der Waals surface area (Å²) in [5.74, 6) is -0.896. The molecule has 0 heterocycles. The van der Waals surface area contributed by atoms with Crippen LogP contribution in [0.2, 0.25) is 0 Å². The molecule has 2 N–H and O–H groups in total. The number of sulfonamides is 1. The van der Waals surface area contributed by atoms with Crippen molar-refractivity contribution in [1.82, 2.24) is 4.72 Å². The van der Waals surface area contributed by atoms with Crippen LogP contribution in [-0.4, -0.2) is 26.0 Å². The first kappa shape index (κ1) is 17.1. The van der Waals surface area contributed by atoms with Crippen molar-refractivity contribution in [3.05, 3.63) is 29.8 Å². The number of aryl methyl sites for hydroxylation is 1. The number of hydrogen-bond donors (Lipinski definition) is 2. The van der Waals surface area contributed by atoms with Gasteiger partial charge in [-0.25, -0.2) is 13.1 Å². The van der Waals surface area contributed by atoms with Crippen LogP contribution in [0, 0.1) is 16.7 Å². The monoisotopic (exact) mass is 310 g/mol. The van der Waals surface area contributed by atoms with Crippen LogP contribution in [0.15, 0.2) is 29.2 Å². The van der Waals surface area contributed by atoms with Gasteiger partial charge in [0.1, 0.15) is 0 Å². The van der Waals surface area contributed by atoms with Crippen molar-refractivity contribution in [1.29, 1.82) is 5.26 Å². The lowest BCUT2D eigenvalue weighted by atomic mass is 9.97. The molecule has 1 aromatic rings. The van der Waals surface area contributed by atoms with Crippen molar-refractivity contribution in [2.75, 3.05) is 6.54 Å². The largest absolute Gasteiger partial charge is 0.481 e. The fourth-order valence-corrected chi connectivity index (χ4v) is 2.70. The van der Waals surface area contributed by atoms with E-state index >= 15 is 0 Å². The minimum atomic E-state index is -3.67. The average Bonchev–Trinajstić information content (AvgIpc) is 2.44. The van der Waals surface area contributed by atoms with Gasteiger partial charge in [0.2, 0.25) is 10.0 Å². The molecule has 1 rings (SSSR count). The van der Waals surface area contributed by atoms with Crippen LogP contribution < -0.4 is 4.72 Å². The second-order valence-corrected chi connectivity index (χ2v) is 7.12. The van der Waals surface area contributed by atoms with Gasteiger partial charge in [0.15, 0.2) is 0 Å². The smallest absolute Gasteiger partial charge is 0.303 e. The Bertz CT molecular complexity index is 643. The molecule has 6 nitrogen and oxygen atoms in total. The van der Waals surface area contributed by atoms with E-state index in [1.54, 1.807) is 26.0 Å². The molecule has 114 valence electrons. The second-order valence-electron chi connectivity index (χ2n) is 5.36. The number of aliphatic carboxylic acids is 1. The van der Waals surface area contributed by atoms with Crippen molar-refractivity contribution in [2.45, 2.75) is 31.6 Å². The summed E-state index contributed by atoms with van der Waals surface area (Å²) in [4.78, 5) is 10.6. The Morgan fingerprint density at radius 1 is 1.33 bits per heavy atom. The van der Waals surface area contributed by atoms with Gasteiger partial charge < -0.3 is 5.11 Å². The summed E-state index contributed by atoms with van der Waals surface area (Å²) in [7, 11) is -3.67. The van der Waals surface area contributed by atoms with E-state index in [0.29, 0.717) is 6.42 Å². The Morgan fingerprint density at radius 2 is 1.90 bits per heavy atom. The molecular weight excluding hydrogens is 292 g/mol. The Kier molecular flexibility index (Phi) is 5.47. The SMILES string of the molecule is CC(C)(C#N)CNS(=O)(=O)c1ccc(CCC(=O)O)cc1. The summed E-state index contributed by atoms with van der Waals surface area (Å²) in [6.07, 6.45) is 0.352. The molecule has 0 aromatic heterocycles. The number of nitrogens with zero attached hydrogens (tertiary/aromatic N) is 1. The normalized spacial score (nSPS) is 11.9. The van der Waals surface area contributed by atoms with Gasteiger partial charge in [0.25, 0.3) is 0 Å². The average molecular weight is 310 g/mol. The van der Waals surface area contributed by atoms with E-state index in [-0.39, 0.29) is 17.9 Å².